The first-order valence-electron chi connectivity index (χ1n) is 5.98. The number of methoxy groups -OCH3 is 1. The average Bonchev–Trinajstić information content (AvgIpc) is 2.85. The topological polar surface area (TPSA) is 89.5 Å². The fraction of sp³-hybridized carbons (Fsp3) is 0.636. The molecule has 1 aromatic rings. The summed E-state index contributed by atoms with van der Waals surface area (Å²) in [6, 6.07) is 0.205. The molecule has 1 aromatic heterocycles. The lowest BCUT2D eigenvalue weighted by atomic mass is 10.3. The van der Waals surface area contributed by atoms with Gasteiger partial charge < -0.3 is 14.6 Å². The van der Waals surface area contributed by atoms with Gasteiger partial charge in [-0.3, -0.25) is 10.4 Å². The minimum Gasteiger partial charge on any atom is -0.385 e. The number of nitrogens with two attached hydrogens (primary N) is 1. The van der Waals surface area contributed by atoms with Crippen LogP contribution < -0.4 is 16.6 Å². The van der Waals surface area contributed by atoms with Gasteiger partial charge in [0.05, 0.1) is 6.33 Å². The number of aliphatic imine (C=N–C) groups is 1. The van der Waals surface area contributed by atoms with Gasteiger partial charge in [0, 0.05) is 45.2 Å². The van der Waals surface area contributed by atoms with Gasteiger partial charge in [-0.25, -0.2) is 10.8 Å². The van der Waals surface area contributed by atoms with Crippen LogP contribution in [0, 0.1) is 0 Å². The Bertz CT molecular complexity index is 337. The molecular weight excluding hydrogens is 232 g/mol. The summed E-state index contributed by atoms with van der Waals surface area (Å²) in [5, 5.41) is 3.21. The summed E-state index contributed by atoms with van der Waals surface area (Å²) >= 11 is 0. The molecule has 1 heterocycles. The molecule has 0 fully saturated rings. The van der Waals surface area contributed by atoms with E-state index in [1.54, 1.807) is 19.6 Å². The number of ether oxygens (including phenoxy) is 1. The van der Waals surface area contributed by atoms with Crippen molar-refractivity contribution in [2.75, 3.05) is 20.3 Å². The van der Waals surface area contributed by atoms with Gasteiger partial charge in [-0.15, -0.1) is 0 Å². The zero-order valence-corrected chi connectivity index (χ0v) is 11.0. The van der Waals surface area contributed by atoms with E-state index in [0.29, 0.717) is 19.1 Å². The van der Waals surface area contributed by atoms with Gasteiger partial charge in [0.2, 0.25) is 5.96 Å². The minimum atomic E-state index is 0.205. The Morgan fingerprint density at radius 1 is 1.61 bits per heavy atom. The van der Waals surface area contributed by atoms with E-state index in [1.165, 1.54) is 0 Å². The quantitative estimate of drug-likeness (QED) is 0.205. The zero-order valence-electron chi connectivity index (χ0n) is 11.0. The normalized spacial score (nSPS) is 13.4. The lowest BCUT2D eigenvalue weighted by Crippen LogP contribution is -2.46. The van der Waals surface area contributed by atoms with Crippen LogP contribution in [0.25, 0.3) is 0 Å². The van der Waals surface area contributed by atoms with Crippen molar-refractivity contribution in [2.45, 2.75) is 25.9 Å². The number of imidazole rings is 1. The zero-order chi connectivity index (χ0) is 13.2. The van der Waals surface area contributed by atoms with Crippen molar-refractivity contribution in [2.24, 2.45) is 10.8 Å². The summed E-state index contributed by atoms with van der Waals surface area (Å²) in [6.07, 6.45) is 6.33. The van der Waals surface area contributed by atoms with Crippen LogP contribution in [0.1, 0.15) is 13.3 Å². The summed E-state index contributed by atoms with van der Waals surface area (Å²) in [6.45, 7) is 4.24. The van der Waals surface area contributed by atoms with Crippen LogP contribution in [0.5, 0.6) is 0 Å². The summed E-state index contributed by atoms with van der Waals surface area (Å²) < 4.78 is 6.95. The van der Waals surface area contributed by atoms with E-state index in [0.717, 1.165) is 13.0 Å². The molecule has 0 aromatic carbocycles. The second kappa shape index (κ2) is 8.48. The molecule has 0 saturated heterocycles. The first-order valence-corrected chi connectivity index (χ1v) is 5.98. The monoisotopic (exact) mass is 254 g/mol. The number of hydrogen-bond acceptors (Lipinski definition) is 4. The average molecular weight is 254 g/mol. The predicted octanol–water partition coefficient (Wildman–Crippen LogP) is -0.283. The summed E-state index contributed by atoms with van der Waals surface area (Å²) in [5.41, 5.74) is 2.56. The van der Waals surface area contributed by atoms with Crippen molar-refractivity contribution >= 4 is 5.96 Å². The number of aromatic nitrogens is 2. The van der Waals surface area contributed by atoms with E-state index in [2.05, 4.69) is 27.6 Å². The lowest BCUT2D eigenvalue weighted by molar-refractivity contribution is 0.197. The number of nitrogens with zero attached hydrogens (tertiary/aromatic N) is 3. The molecule has 18 heavy (non-hydrogen) atoms. The Labute approximate surface area is 107 Å². The molecule has 0 spiro atoms. The Morgan fingerprint density at radius 3 is 3.06 bits per heavy atom. The van der Waals surface area contributed by atoms with Crippen LogP contribution in [0.15, 0.2) is 23.7 Å². The van der Waals surface area contributed by atoms with Crippen molar-refractivity contribution in [3.8, 4) is 0 Å². The number of guanidine groups is 1. The van der Waals surface area contributed by atoms with Gasteiger partial charge in [0.25, 0.3) is 0 Å². The van der Waals surface area contributed by atoms with Crippen molar-refractivity contribution in [1.29, 1.82) is 0 Å². The maximum absolute atomic E-state index is 5.42. The van der Waals surface area contributed by atoms with E-state index in [1.807, 2.05) is 10.8 Å². The number of hydrazine groups is 1. The molecule has 0 bridgehead atoms. The molecule has 0 aliphatic heterocycles. The largest absolute Gasteiger partial charge is 0.385 e. The molecule has 0 aliphatic carbocycles. The highest BCUT2D eigenvalue weighted by atomic mass is 16.5. The Hall–Kier alpha value is -1.60. The second-order valence-corrected chi connectivity index (χ2v) is 4.03. The van der Waals surface area contributed by atoms with E-state index >= 15 is 0 Å². The van der Waals surface area contributed by atoms with Gasteiger partial charge in [-0.2, -0.15) is 0 Å². The van der Waals surface area contributed by atoms with Crippen LogP contribution in [0.3, 0.4) is 0 Å². The Kier molecular flexibility index (Phi) is 6.82. The maximum atomic E-state index is 5.42. The summed E-state index contributed by atoms with van der Waals surface area (Å²) in [5.74, 6) is 6.01. The third-order valence-electron chi connectivity index (χ3n) is 2.34. The fourth-order valence-electron chi connectivity index (χ4n) is 1.52. The fourth-order valence-corrected chi connectivity index (χ4v) is 1.52. The highest BCUT2D eigenvalue weighted by Gasteiger charge is 2.04. The molecule has 0 saturated carbocycles. The SMILES string of the molecule is COCCCN=C(NN)NC(C)Cn1ccnc1. The van der Waals surface area contributed by atoms with E-state index in [4.69, 9.17) is 10.6 Å². The van der Waals surface area contributed by atoms with Gasteiger partial charge >= 0.3 is 0 Å². The van der Waals surface area contributed by atoms with Crippen LogP contribution >= 0.6 is 0 Å². The first-order chi connectivity index (χ1) is 8.76. The molecule has 102 valence electrons. The molecule has 0 amide bonds. The Morgan fingerprint density at radius 2 is 2.44 bits per heavy atom. The highest BCUT2D eigenvalue weighted by molar-refractivity contribution is 5.79. The number of nitrogens with one attached hydrogen (secondary N) is 2. The number of rotatable bonds is 7. The molecule has 4 N–H and O–H groups in total. The van der Waals surface area contributed by atoms with E-state index in [9.17, 15) is 0 Å². The van der Waals surface area contributed by atoms with Crippen LogP contribution in [-0.2, 0) is 11.3 Å². The van der Waals surface area contributed by atoms with E-state index in [-0.39, 0.29) is 6.04 Å². The van der Waals surface area contributed by atoms with Crippen molar-refractivity contribution < 1.29 is 4.74 Å². The smallest absolute Gasteiger partial charge is 0.205 e. The Balaban J connectivity index is 2.32. The molecule has 7 heteroatoms. The lowest BCUT2D eigenvalue weighted by Gasteiger charge is -2.16. The van der Waals surface area contributed by atoms with Gasteiger partial charge in [0.15, 0.2) is 0 Å². The number of hydrogen-bond donors (Lipinski definition) is 3. The first kappa shape index (κ1) is 14.5. The summed E-state index contributed by atoms with van der Waals surface area (Å²) in [4.78, 5) is 8.31. The molecule has 0 radical (unpaired) electrons. The molecular formula is C11H22N6O. The molecule has 7 nitrogen and oxygen atoms in total. The highest BCUT2D eigenvalue weighted by Crippen LogP contribution is 1.91. The minimum absolute atomic E-state index is 0.205. The standard InChI is InChI=1S/C11H22N6O/c1-10(8-17-6-5-13-9-17)15-11(16-12)14-4-3-7-18-2/h5-6,9-10H,3-4,7-8,12H2,1-2H3,(H2,14,15,16). The van der Waals surface area contributed by atoms with Crippen LogP contribution in [0.2, 0.25) is 0 Å². The van der Waals surface area contributed by atoms with Crippen molar-refractivity contribution in [1.82, 2.24) is 20.3 Å². The molecule has 1 atom stereocenters. The van der Waals surface area contributed by atoms with Crippen LogP contribution in [0.4, 0.5) is 0 Å². The van der Waals surface area contributed by atoms with Gasteiger partial charge in [-0.05, 0) is 13.3 Å². The predicted molar refractivity (Wildman–Crippen MR) is 70.9 cm³/mol. The van der Waals surface area contributed by atoms with Gasteiger partial charge in [-0.1, -0.05) is 0 Å². The molecule has 1 unspecified atom stereocenters. The van der Waals surface area contributed by atoms with Crippen LogP contribution in [-0.4, -0.2) is 41.8 Å². The van der Waals surface area contributed by atoms with Gasteiger partial charge in [0.1, 0.15) is 0 Å². The van der Waals surface area contributed by atoms with Crippen molar-refractivity contribution in [3.63, 3.8) is 0 Å². The second-order valence-electron chi connectivity index (χ2n) is 4.03. The van der Waals surface area contributed by atoms with Crippen molar-refractivity contribution in [3.05, 3.63) is 18.7 Å². The molecule has 1 rings (SSSR count). The third kappa shape index (κ3) is 5.65. The summed E-state index contributed by atoms with van der Waals surface area (Å²) in [7, 11) is 1.68. The van der Waals surface area contributed by atoms with E-state index < -0.39 is 0 Å². The molecule has 0 aliphatic rings. The maximum Gasteiger partial charge on any atom is 0.205 e. The third-order valence-corrected chi connectivity index (χ3v) is 2.34.